The number of nitrogens with one attached hydrogen (secondary N) is 1. The van der Waals surface area contributed by atoms with Crippen molar-refractivity contribution in [1.82, 2.24) is 10.3 Å². The van der Waals surface area contributed by atoms with Gasteiger partial charge in [0.25, 0.3) is 0 Å². The fourth-order valence-corrected chi connectivity index (χ4v) is 2.04. The topological polar surface area (TPSA) is 24.9 Å². The van der Waals surface area contributed by atoms with Gasteiger partial charge in [0.15, 0.2) is 0 Å². The summed E-state index contributed by atoms with van der Waals surface area (Å²) in [5.41, 5.74) is 5.09. The standard InChI is InChI=1S/C16H20N2/c1-3-8-17-12-15-7-6-13(2)10-16(15)14-5-4-9-18-11-14/h4-7,9-11,17H,3,8,12H2,1-2H3. The number of aryl methyl sites for hydroxylation is 1. The molecule has 0 bridgehead atoms. The molecule has 1 N–H and O–H groups in total. The molecule has 1 aromatic heterocycles. The van der Waals surface area contributed by atoms with E-state index in [9.17, 15) is 0 Å². The minimum atomic E-state index is 0.915. The van der Waals surface area contributed by atoms with Crippen LogP contribution in [-0.4, -0.2) is 11.5 Å². The van der Waals surface area contributed by atoms with E-state index in [0.717, 1.165) is 19.5 Å². The molecular formula is C16H20N2. The van der Waals surface area contributed by atoms with Crippen LogP contribution in [0.15, 0.2) is 42.7 Å². The fourth-order valence-electron chi connectivity index (χ4n) is 2.04. The Labute approximate surface area is 109 Å². The molecule has 0 aliphatic rings. The Morgan fingerprint density at radius 2 is 2.11 bits per heavy atom. The monoisotopic (exact) mass is 240 g/mol. The summed E-state index contributed by atoms with van der Waals surface area (Å²) in [6, 6.07) is 10.7. The first-order valence-electron chi connectivity index (χ1n) is 6.52. The summed E-state index contributed by atoms with van der Waals surface area (Å²) in [4.78, 5) is 4.21. The number of aromatic nitrogens is 1. The molecule has 1 heterocycles. The highest BCUT2D eigenvalue weighted by atomic mass is 14.8. The van der Waals surface area contributed by atoms with Gasteiger partial charge in [0, 0.05) is 24.5 Å². The number of hydrogen-bond donors (Lipinski definition) is 1. The minimum absolute atomic E-state index is 0.915. The zero-order valence-electron chi connectivity index (χ0n) is 11.1. The zero-order valence-corrected chi connectivity index (χ0v) is 11.1. The zero-order chi connectivity index (χ0) is 12.8. The molecule has 0 unspecified atom stereocenters. The van der Waals surface area contributed by atoms with Gasteiger partial charge in [0.1, 0.15) is 0 Å². The first-order valence-corrected chi connectivity index (χ1v) is 6.52. The molecule has 0 fully saturated rings. The van der Waals surface area contributed by atoms with Crippen LogP contribution in [0.3, 0.4) is 0 Å². The maximum Gasteiger partial charge on any atom is 0.0346 e. The minimum Gasteiger partial charge on any atom is -0.313 e. The van der Waals surface area contributed by atoms with Gasteiger partial charge >= 0.3 is 0 Å². The third kappa shape index (κ3) is 3.17. The number of benzene rings is 1. The normalized spacial score (nSPS) is 10.6. The van der Waals surface area contributed by atoms with Crippen molar-refractivity contribution in [3.05, 3.63) is 53.9 Å². The van der Waals surface area contributed by atoms with Crippen molar-refractivity contribution in [2.24, 2.45) is 0 Å². The Morgan fingerprint density at radius 3 is 2.83 bits per heavy atom. The third-order valence-corrected chi connectivity index (χ3v) is 2.98. The first kappa shape index (κ1) is 12.8. The lowest BCUT2D eigenvalue weighted by atomic mass is 9.99. The Morgan fingerprint density at radius 1 is 1.22 bits per heavy atom. The molecule has 2 nitrogen and oxygen atoms in total. The number of rotatable bonds is 5. The predicted molar refractivity (Wildman–Crippen MR) is 76.4 cm³/mol. The Hall–Kier alpha value is -1.67. The van der Waals surface area contributed by atoms with E-state index in [-0.39, 0.29) is 0 Å². The summed E-state index contributed by atoms with van der Waals surface area (Å²) in [6.07, 6.45) is 4.90. The van der Waals surface area contributed by atoms with Crippen LogP contribution < -0.4 is 5.32 Å². The molecule has 94 valence electrons. The highest BCUT2D eigenvalue weighted by molar-refractivity contribution is 5.67. The second kappa shape index (κ2) is 6.31. The van der Waals surface area contributed by atoms with E-state index in [1.807, 2.05) is 18.5 Å². The highest BCUT2D eigenvalue weighted by Gasteiger charge is 2.05. The number of pyridine rings is 1. The van der Waals surface area contributed by atoms with E-state index in [1.54, 1.807) is 0 Å². The van der Waals surface area contributed by atoms with Gasteiger partial charge in [-0.1, -0.05) is 36.8 Å². The molecule has 2 rings (SSSR count). The van der Waals surface area contributed by atoms with Crippen LogP contribution >= 0.6 is 0 Å². The lowest BCUT2D eigenvalue weighted by Crippen LogP contribution is -2.14. The average Bonchev–Trinajstić information content (AvgIpc) is 2.41. The van der Waals surface area contributed by atoms with Crippen LogP contribution in [0, 0.1) is 6.92 Å². The van der Waals surface area contributed by atoms with Crippen LogP contribution in [-0.2, 0) is 6.54 Å². The van der Waals surface area contributed by atoms with Crippen molar-refractivity contribution in [1.29, 1.82) is 0 Å². The Kier molecular flexibility index (Phi) is 4.48. The van der Waals surface area contributed by atoms with Gasteiger partial charge in [0.05, 0.1) is 0 Å². The van der Waals surface area contributed by atoms with Gasteiger partial charge in [-0.2, -0.15) is 0 Å². The van der Waals surface area contributed by atoms with Gasteiger partial charge in [-0.05, 0) is 37.1 Å². The van der Waals surface area contributed by atoms with Crippen LogP contribution in [0.25, 0.3) is 11.1 Å². The molecule has 0 amide bonds. The average molecular weight is 240 g/mol. The summed E-state index contributed by atoms with van der Waals surface area (Å²) >= 11 is 0. The lowest BCUT2D eigenvalue weighted by Gasteiger charge is -2.11. The molecule has 18 heavy (non-hydrogen) atoms. The van der Waals surface area contributed by atoms with E-state index in [2.05, 4.69) is 48.4 Å². The maximum atomic E-state index is 4.21. The molecule has 0 saturated carbocycles. The van der Waals surface area contributed by atoms with Gasteiger partial charge in [-0.3, -0.25) is 4.98 Å². The molecule has 2 heteroatoms. The van der Waals surface area contributed by atoms with Crippen molar-refractivity contribution in [2.45, 2.75) is 26.8 Å². The fraction of sp³-hybridized carbons (Fsp3) is 0.312. The Balaban J connectivity index is 2.29. The van der Waals surface area contributed by atoms with Crippen LogP contribution in [0.2, 0.25) is 0 Å². The van der Waals surface area contributed by atoms with Gasteiger partial charge in [0.2, 0.25) is 0 Å². The van der Waals surface area contributed by atoms with Gasteiger partial charge in [-0.25, -0.2) is 0 Å². The molecule has 0 atom stereocenters. The molecule has 0 radical (unpaired) electrons. The predicted octanol–water partition coefficient (Wildman–Crippen LogP) is 3.56. The van der Waals surface area contributed by atoms with E-state index in [1.165, 1.54) is 22.3 Å². The second-order valence-electron chi connectivity index (χ2n) is 4.58. The van der Waals surface area contributed by atoms with Crippen molar-refractivity contribution >= 4 is 0 Å². The molecule has 0 spiro atoms. The SMILES string of the molecule is CCCNCc1ccc(C)cc1-c1cccnc1. The largest absolute Gasteiger partial charge is 0.313 e. The maximum absolute atomic E-state index is 4.21. The smallest absolute Gasteiger partial charge is 0.0346 e. The first-order chi connectivity index (χ1) is 8.81. The van der Waals surface area contributed by atoms with Crippen LogP contribution in [0.5, 0.6) is 0 Å². The van der Waals surface area contributed by atoms with Crippen molar-refractivity contribution in [3.63, 3.8) is 0 Å². The molecule has 1 aromatic carbocycles. The molecule has 0 saturated heterocycles. The summed E-state index contributed by atoms with van der Waals surface area (Å²) in [5.74, 6) is 0. The molecule has 2 aromatic rings. The quantitative estimate of drug-likeness (QED) is 0.808. The third-order valence-electron chi connectivity index (χ3n) is 2.98. The lowest BCUT2D eigenvalue weighted by molar-refractivity contribution is 0.676. The van der Waals surface area contributed by atoms with Crippen molar-refractivity contribution in [2.75, 3.05) is 6.54 Å². The summed E-state index contributed by atoms with van der Waals surface area (Å²) in [6.45, 7) is 6.28. The Bertz CT molecular complexity index is 492. The molecule has 0 aliphatic heterocycles. The second-order valence-corrected chi connectivity index (χ2v) is 4.58. The molecular weight excluding hydrogens is 220 g/mol. The van der Waals surface area contributed by atoms with E-state index >= 15 is 0 Å². The number of hydrogen-bond acceptors (Lipinski definition) is 2. The number of nitrogens with zero attached hydrogens (tertiary/aromatic N) is 1. The summed E-state index contributed by atoms with van der Waals surface area (Å²) in [7, 11) is 0. The van der Waals surface area contributed by atoms with Crippen molar-refractivity contribution < 1.29 is 0 Å². The van der Waals surface area contributed by atoms with Gasteiger partial charge < -0.3 is 5.32 Å². The summed E-state index contributed by atoms with van der Waals surface area (Å²) in [5, 5.41) is 3.46. The van der Waals surface area contributed by atoms with Gasteiger partial charge in [-0.15, -0.1) is 0 Å². The highest BCUT2D eigenvalue weighted by Crippen LogP contribution is 2.24. The van der Waals surface area contributed by atoms with E-state index < -0.39 is 0 Å². The van der Waals surface area contributed by atoms with E-state index in [4.69, 9.17) is 0 Å². The summed E-state index contributed by atoms with van der Waals surface area (Å²) < 4.78 is 0. The van der Waals surface area contributed by atoms with Crippen molar-refractivity contribution in [3.8, 4) is 11.1 Å². The van der Waals surface area contributed by atoms with E-state index in [0.29, 0.717) is 0 Å². The molecule has 0 aliphatic carbocycles. The van der Waals surface area contributed by atoms with Crippen LogP contribution in [0.4, 0.5) is 0 Å². The van der Waals surface area contributed by atoms with Crippen LogP contribution in [0.1, 0.15) is 24.5 Å².